The second kappa shape index (κ2) is 9.08. The van der Waals surface area contributed by atoms with Gasteiger partial charge in [-0.1, -0.05) is 35.9 Å². The van der Waals surface area contributed by atoms with E-state index in [1.54, 1.807) is 43.5 Å². The van der Waals surface area contributed by atoms with Gasteiger partial charge in [0.25, 0.3) is 0 Å². The number of esters is 1. The van der Waals surface area contributed by atoms with Crippen LogP contribution in [0.1, 0.15) is 23.6 Å². The van der Waals surface area contributed by atoms with Crippen molar-refractivity contribution in [2.24, 2.45) is 0 Å². The summed E-state index contributed by atoms with van der Waals surface area (Å²) in [4.78, 5) is 24.0. The average molecular weight is 362 g/mol. The number of rotatable bonds is 7. The predicted octanol–water partition coefficient (Wildman–Crippen LogP) is 3.31. The monoisotopic (exact) mass is 361 g/mol. The zero-order chi connectivity index (χ0) is 18.2. The maximum atomic E-state index is 12.4. The zero-order valence-electron chi connectivity index (χ0n) is 14.1. The molecule has 0 heterocycles. The number of carbonyl (C=O) groups is 2. The van der Waals surface area contributed by atoms with Crippen molar-refractivity contribution in [2.75, 3.05) is 14.2 Å². The minimum absolute atomic E-state index is 0.0481. The Bertz CT molecular complexity index is 713. The summed E-state index contributed by atoms with van der Waals surface area (Å²) in [5.74, 6) is 0.146. The van der Waals surface area contributed by atoms with Gasteiger partial charge in [-0.05, 0) is 35.4 Å². The minimum Gasteiger partial charge on any atom is -0.497 e. The van der Waals surface area contributed by atoms with Crippen molar-refractivity contribution in [1.29, 1.82) is 0 Å². The summed E-state index contributed by atoms with van der Waals surface area (Å²) < 4.78 is 9.82. The Morgan fingerprint density at radius 1 is 1.04 bits per heavy atom. The van der Waals surface area contributed by atoms with Crippen LogP contribution < -0.4 is 10.1 Å². The van der Waals surface area contributed by atoms with Gasteiger partial charge in [-0.3, -0.25) is 9.59 Å². The van der Waals surface area contributed by atoms with Crippen molar-refractivity contribution in [3.05, 3.63) is 64.7 Å². The lowest BCUT2D eigenvalue weighted by Gasteiger charge is -2.18. The Labute approximate surface area is 151 Å². The normalized spacial score (nSPS) is 11.5. The van der Waals surface area contributed by atoms with Gasteiger partial charge in [0, 0.05) is 5.02 Å². The van der Waals surface area contributed by atoms with Crippen molar-refractivity contribution in [3.63, 3.8) is 0 Å². The van der Waals surface area contributed by atoms with Crippen molar-refractivity contribution in [2.45, 2.75) is 18.9 Å². The molecule has 0 aliphatic heterocycles. The van der Waals surface area contributed by atoms with E-state index in [4.69, 9.17) is 21.1 Å². The summed E-state index contributed by atoms with van der Waals surface area (Å²) in [7, 11) is 2.91. The third-order valence-electron chi connectivity index (χ3n) is 3.73. The molecule has 0 saturated carbocycles. The molecule has 2 rings (SSSR count). The SMILES string of the molecule is COC(=O)CC(NC(=O)Cc1ccc(OC)cc1)c1ccc(Cl)cc1. The van der Waals surface area contributed by atoms with Gasteiger partial charge < -0.3 is 14.8 Å². The highest BCUT2D eigenvalue weighted by atomic mass is 35.5. The van der Waals surface area contributed by atoms with Crippen LogP contribution in [-0.2, 0) is 20.7 Å². The van der Waals surface area contributed by atoms with E-state index in [0.29, 0.717) is 5.02 Å². The lowest BCUT2D eigenvalue weighted by Crippen LogP contribution is -2.31. The number of benzene rings is 2. The number of hydrogen-bond donors (Lipinski definition) is 1. The second-order valence-corrected chi connectivity index (χ2v) is 5.91. The minimum atomic E-state index is -0.476. The highest BCUT2D eigenvalue weighted by Gasteiger charge is 2.19. The van der Waals surface area contributed by atoms with Gasteiger partial charge in [0.1, 0.15) is 5.75 Å². The fourth-order valence-corrected chi connectivity index (χ4v) is 2.50. The average Bonchev–Trinajstić information content (AvgIpc) is 2.62. The number of hydrogen-bond acceptors (Lipinski definition) is 4. The van der Waals surface area contributed by atoms with Crippen LogP contribution in [0.4, 0.5) is 0 Å². The molecule has 1 amide bonds. The van der Waals surface area contributed by atoms with E-state index in [-0.39, 0.29) is 18.7 Å². The molecule has 1 atom stereocenters. The molecule has 0 aliphatic rings. The van der Waals surface area contributed by atoms with Crippen molar-refractivity contribution < 1.29 is 19.1 Å². The molecule has 5 nitrogen and oxygen atoms in total. The van der Waals surface area contributed by atoms with Gasteiger partial charge in [0.05, 0.1) is 33.1 Å². The number of halogens is 1. The van der Waals surface area contributed by atoms with E-state index in [9.17, 15) is 9.59 Å². The molecular formula is C19H20ClNO4. The number of carbonyl (C=O) groups excluding carboxylic acids is 2. The van der Waals surface area contributed by atoms with Crippen molar-refractivity contribution in [3.8, 4) is 5.75 Å². The lowest BCUT2D eigenvalue weighted by molar-refractivity contribution is -0.141. The number of amides is 1. The molecule has 0 spiro atoms. The van der Waals surface area contributed by atoms with Crippen LogP contribution in [0, 0.1) is 0 Å². The largest absolute Gasteiger partial charge is 0.497 e. The smallest absolute Gasteiger partial charge is 0.307 e. The number of ether oxygens (including phenoxy) is 2. The van der Waals surface area contributed by atoms with E-state index in [1.807, 2.05) is 12.1 Å². The Morgan fingerprint density at radius 3 is 2.24 bits per heavy atom. The van der Waals surface area contributed by atoms with Crippen LogP contribution >= 0.6 is 11.6 Å². The van der Waals surface area contributed by atoms with E-state index in [2.05, 4.69) is 5.32 Å². The Kier molecular flexibility index (Phi) is 6.83. The first-order valence-corrected chi connectivity index (χ1v) is 8.14. The molecule has 0 fully saturated rings. The Morgan fingerprint density at radius 2 is 1.68 bits per heavy atom. The summed E-state index contributed by atoms with van der Waals surface area (Å²) in [6, 6.07) is 13.8. The highest BCUT2D eigenvalue weighted by molar-refractivity contribution is 6.30. The highest BCUT2D eigenvalue weighted by Crippen LogP contribution is 2.20. The summed E-state index contributed by atoms with van der Waals surface area (Å²) in [5, 5.41) is 3.47. The van der Waals surface area contributed by atoms with Gasteiger partial charge in [-0.2, -0.15) is 0 Å². The van der Waals surface area contributed by atoms with E-state index < -0.39 is 12.0 Å². The summed E-state index contributed by atoms with van der Waals surface area (Å²) in [5.41, 5.74) is 1.64. The quantitative estimate of drug-likeness (QED) is 0.768. The summed E-state index contributed by atoms with van der Waals surface area (Å²) in [6.07, 6.45) is 0.252. The van der Waals surface area contributed by atoms with Gasteiger partial charge in [-0.15, -0.1) is 0 Å². The number of methoxy groups -OCH3 is 2. The fourth-order valence-electron chi connectivity index (χ4n) is 2.37. The molecule has 1 N–H and O–H groups in total. The second-order valence-electron chi connectivity index (χ2n) is 5.48. The molecule has 25 heavy (non-hydrogen) atoms. The molecule has 0 saturated heterocycles. The standard InChI is InChI=1S/C19H20ClNO4/c1-24-16-9-3-13(4-10-16)11-18(22)21-17(12-19(23)25-2)14-5-7-15(20)8-6-14/h3-10,17H,11-12H2,1-2H3,(H,21,22). The van der Waals surface area contributed by atoms with Crippen LogP contribution in [0.5, 0.6) is 5.75 Å². The van der Waals surface area contributed by atoms with E-state index in [0.717, 1.165) is 16.9 Å². The van der Waals surface area contributed by atoms with Gasteiger partial charge >= 0.3 is 5.97 Å². The van der Waals surface area contributed by atoms with Crippen LogP contribution in [0.2, 0.25) is 5.02 Å². The van der Waals surface area contributed by atoms with Crippen LogP contribution in [0.15, 0.2) is 48.5 Å². The molecule has 0 radical (unpaired) electrons. The molecule has 1 unspecified atom stereocenters. The molecular weight excluding hydrogens is 342 g/mol. The van der Waals surface area contributed by atoms with Crippen LogP contribution in [-0.4, -0.2) is 26.1 Å². The molecule has 0 aromatic heterocycles. The third kappa shape index (κ3) is 5.80. The lowest BCUT2D eigenvalue weighted by atomic mass is 10.0. The molecule has 6 heteroatoms. The Balaban J connectivity index is 2.07. The molecule has 0 aliphatic carbocycles. The van der Waals surface area contributed by atoms with Gasteiger partial charge in [-0.25, -0.2) is 0 Å². The van der Waals surface area contributed by atoms with E-state index >= 15 is 0 Å². The molecule has 2 aromatic rings. The maximum Gasteiger partial charge on any atom is 0.307 e. The predicted molar refractivity (Wildman–Crippen MR) is 95.7 cm³/mol. The fraction of sp³-hybridized carbons (Fsp3) is 0.263. The first kappa shape index (κ1) is 18.8. The Hall–Kier alpha value is -2.53. The van der Waals surface area contributed by atoms with E-state index in [1.165, 1.54) is 7.11 Å². The topological polar surface area (TPSA) is 64.6 Å². The van der Waals surface area contributed by atoms with Crippen molar-refractivity contribution >= 4 is 23.5 Å². The van der Waals surface area contributed by atoms with Crippen LogP contribution in [0.3, 0.4) is 0 Å². The molecule has 0 bridgehead atoms. The van der Waals surface area contributed by atoms with Gasteiger partial charge in [0.2, 0.25) is 5.91 Å². The molecule has 132 valence electrons. The summed E-state index contributed by atoms with van der Waals surface area (Å²) >= 11 is 5.90. The number of nitrogens with one attached hydrogen (secondary N) is 1. The maximum absolute atomic E-state index is 12.4. The zero-order valence-corrected chi connectivity index (χ0v) is 14.9. The third-order valence-corrected chi connectivity index (χ3v) is 3.98. The summed E-state index contributed by atoms with van der Waals surface area (Å²) in [6.45, 7) is 0. The van der Waals surface area contributed by atoms with Crippen LogP contribution in [0.25, 0.3) is 0 Å². The first-order valence-electron chi connectivity index (χ1n) is 7.76. The molecule has 2 aromatic carbocycles. The first-order chi connectivity index (χ1) is 12.0. The van der Waals surface area contributed by atoms with Gasteiger partial charge in [0.15, 0.2) is 0 Å². The van der Waals surface area contributed by atoms with Crippen molar-refractivity contribution in [1.82, 2.24) is 5.32 Å².